The molecule has 0 aromatic heterocycles. The number of benzene rings is 2. The van der Waals surface area contributed by atoms with Crippen LogP contribution in [0, 0.1) is 13.8 Å². The molecular formula is C21H26ClN3OS. The van der Waals surface area contributed by atoms with E-state index in [0.717, 1.165) is 12.1 Å². The molecule has 2 aromatic rings. The van der Waals surface area contributed by atoms with Gasteiger partial charge in [0, 0.05) is 22.9 Å². The zero-order valence-corrected chi connectivity index (χ0v) is 17.7. The minimum Gasteiger partial charge on any atom is -0.337 e. The third-order valence-corrected chi connectivity index (χ3v) is 4.99. The quantitative estimate of drug-likeness (QED) is 0.634. The van der Waals surface area contributed by atoms with Crippen molar-refractivity contribution in [3.63, 3.8) is 0 Å². The van der Waals surface area contributed by atoms with Crippen LogP contribution >= 0.6 is 23.8 Å². The number of halogens is 1. The lowest BCUT2D eigenvalue weighted by molar-refractivity contribution is -0.119. The van der Waals surface area contributed by atoms with Gasteiger partial charge in [0.05, 0.1) is 0 Å². The van der Waals surface area contributed by atoms with Crippen molar-refractivity contribution in [1.82, 2.24) is 4.90 Å². The average molecular weight is 404 g/mol. The van der Waals surface area contributed by atoms with Crippen molar-refractivity contribution in [2.75, 3.05) is 17.2 Å². The van der Waals surface area contributed by atoms with Crippen LogP contribution in [-0.2, 0) is 4.79 Å². The van der Waals surface area contributed by atoms with E-state index in [1.165, 1.54) is 11.1 Å². The van der Waals surface area contributed by atoms with E-state index in [1.54, 1.807) is 18.2 Å². The van der Waals surface area contributed by atoms with Crippen LogP contribution < -0.4 is 10.6 Å². The molecule has 0 aliphatic carbocycles. The van der Waals surface area contributed by atoms with Crippen LogP contribution in [0.2, 0.25) is 5.02 Å². The van der Waals surface area contributed by atoms with Crippen molar-refractivity contribution in [1.29, 1.82) is 0 Å². The van der Waals surface area contributed by atoms with E-state index in [1.807, 2.05) is 24.0 Å². The number of carbonyl (C=O) groups is 1. The summed E-state index contributed by atoms with van der Waals surface area (Å²) in [5, 5.41) is 7.28. The first-order valence-electron chi connectivity index (χ1n) is 9.03. The van der Waals surface area contributed by atoms with Crippen LogP contribution in [0.1, 0.15) is 31.4 Å². The summed E-state index contributed by atoms with van der Waals surface area (Å²) < 4.78 is 0. The highest BCUT2D eigenvalue weighted by Gasteiger charge is 2.23. The lowest BCUT2D eigenvalue weighted by Gasteiger charge is -2.31. The fourth-order valence-electron chi connectivity index (χ4n) is 2.68. The summed E-state index contributed by atoms with van der Waals surface area (Å²) in [6, 6.07) is 12.8. The van der Waals surface area contributed by atoms with Crippen LogP contribution in [0.15, 0.2) is 42.5 Å². The normalized spacial score (nSPS) is 11.6. The number of aryl methyl sites for hydroxylation is 2. The van der Waals surface area contributed by atoms with Crippen molar-refractivity contribution in [3.8, 4) is 0 Å². The Bertz CT molecular complexity index is 825. The molecular weight excluding hydrogens is 378 g/mol. The summed E-state index contributed by atoms with van der Waals surface area (Å²) in [4.78, 5) is 14.6. The zero-order valence-electron chi connectivity index (χ0n) is 16.2. The molecule has 0 fully saturated rings. The molecule has 27 heavy (non-hydrogen) atoms. The number of hydrogen-bond acceptors (Lipinski definition) is 2. The first-order valence-corrected chi connectivity index (χ1v) is 9.81. The first kappa shape index (κ1) is 21.2. The summed E-state index contributed by atoms with van der Waals surface area (Å²) in [7, 11) is 0. The Morgan fingerprint density at radius 2 is 1.81 bits per heavy atom. The van der Waals surface area contributed by atoms with Crippen LogP contribution in [0.3, 0.4) is 0 Å². The molecule has 0 saturated carbocycles. The van der Waals surface area contributed by atoms with E-state index in [2.05, 4.69) is 43.5 Å². The second kappa shape index (κ2) is 9.72. The molecule has 0 radical (unpaired) electrons. The van der Waals surface area contributed by atoms with Crippen molar-refractivity contribution in [2.24, 2.45) is 0 Å². The van der Waals surface area contributed by atoms with Crippen molar-refractivity contribution in [2.45, 2.75) is 40.2 Å². The number of amides is 1. The van der Waals surface area contributed by atoms with Gasteiger partial charge in [-0.3, -0.25) is 4.79 Å². The molecule has 2 rings (SSSR count). The standard InChI is InChI=1S/C21H26ClN3OS/c1-5-11-25(21(27)24-19-10-9-14(2)15(3)12-19)16(4)20(26)23-18-8-6-7-17(22)13-18/h6-10,12-13,16H,5,11H2,1-4H3,(H,23,26)(H,24,27)/t16-/m1/s1. The van der Waals surface area contributed by atoms with E-state index in [0.29, 0.717) is 22.4 Å². The van der Waals surface area contributed by atoms with Gasteiger partial charge in [0.2, 0.25) is 5.91 Å². The molecule has 2 aromatic carbocycles. The molecule has 0 bridgehead atoms. The minimum atomic E-state index is -0.421. The van der Waals surface area contributed by atoms with Gasteiger partial charge in [-0.2, -0.15) is 0 Å². The van der Waals surface area contributed by atoms with Crippen LogP contribution in [-0.4, -0.2) is 28.5 Å². The minimum absolute atomic E-state index is 0.130. The Balaban J connectivity index is 2.10. The highest BCUT2D eigenvalue weighted by Crippen LogP contribution is 2.18. The summed E-state index contributed by atoms with van der Waals surface area (Å²) in [5.41, 5.74) is 4.01. The molecule has 0 heterocycles. The van der Waals surface area contributed by atoms with Gasteiger partial charge in [0.1, 0.15) is 6.04 Å². The molecule has 2 N–H and O–H groups in total. The predicted octanol–water partition coefficient (Wildman–Crippen LogP) is 5.39. The predicted molar refractivity (Wildman–Crippen MR) is 119 cm³/mol. The van der Waals surface area contributed by atoms with E-state index >= 15 is 0 Å². The van der Waals surface area contributed by atoms with Gasteiger partial charge >= 0.3 is 0 Å². The van der Waals surface area contributed by atoms with E-state index < -0.39 is 6.04 Å². The Morgan fingerprint density at radius 3 is 2.44 bits per heavy atom. The molecule has 6 heteroatoms. The first-order chi connectivity index (χ1) is 12.8. The van der Waals surface area contributed by atoms with E-state index in [9.17, 15) is 4.79 Å². The summed E-state index contributed by atoms with van der Waals surface area (Å²) in [6.07, 6.45) is 0.879. The summed E-state index contributed by atoms with van der Waals surface area (Å²) in [5.74, 6) is -0.130. The molecule has 0 aliphatic rings. The van der Waals surface area contributed by atoms with Crippen LogP contribution in [0.4, 0.5) is 11.4 Å². The number of nitrogens with zero attached hydrogens (tertiary/aromatic N) is 1. The largest absolute Gasteiger partial charge is 0.337 e. The van der Waals surface area contributed by atoms with Gasteiger partial charge in [-0.05, 0) is 80.9 Å². The highest BCUT2D eigenvalue weighted by atomic mass is 35.5. The van der Waals surface area contributed by atoms with Crippen molar-refractivity contribution in [3.05, 3.63) is 58.6 Å². The molecule has 0 unspecified atom stereocenters. The summed E-state index contributed by atoms with van der Waals surface area (Å²) in [6.45, 7) is 8.73. The van der Waals surface area contributed by atoms with Gasteiger partial charge in [-0.15, -0.1) is 0 Å². The molecule has 0 spiro atoms. The second-order valence-corrected chi connectivity index (χ2v) is 7.42. The number of anilines is 2. The second-order valence-electron chi connectivity index (χ2n) is 6.60. The monoisotopic (exact) mass is 403 g/mol. The molecule has 1 amide bonds. The third-order valence-electron chi connectivity index (χ3n) is 4.42. The third kappa shape index (κ3) is 5.94. The molecule has 144 valence electrons. The lowest BCUT2D eigenvalue weighted by atomic mass is 10.1. The van der Waals surface area contributed by atoms with Crippen molar-refractivity contribution >= 4 is 46.2 Å². The van der Waals surface area contributed by atoms with E-state index in [-0.39, 0.29) is 5.91 Å². The highest BCUT2D eigenvalue weighted by molar-refractivity contribution is 7.80. The number of carbonyl (C=O) groups excluding carboxylic acids is 1. The smallest absolute Gasteiger partial charge is 0.246 e. The summed E-state index contributed by atoms with van der Waals surface area (Å²) >= 11 is 11.6. The van der Waals surface area contributed by atoms with E-state index in [4.69, 9.17) is 23.8 Å². The Morgan fingerprint density at radius 1 is 1.11 bits per heavy atom. The van der Waals surface area contributed by atoms with Crippen LogP contribution in [0.25, 0.3) is 0 Å². The van der Waals surface area contributed by atoms with Crippen molar-refractivity contribution < 1.29 is 4.79 Å². The van der Waals surface area contributed by atoms with Gasteiger partial charge in [0.15, 0.2) is 5.11 Å². The topological polar surface area (TPSA) is 44.4 Å². The fraction of sp³-hybridized carbons (Fsp3) is 0.333. The fourth-order valence-corrected chi connectivity index (χ4v) is 3.24. The Labute approximate surface area is 171 Å². The maximum absolute atomic E-state index is 12.7. The molecule has 1 atom stereocenters. The maximum atomic E-state index is 12.7. The average Bonchev–Trinajstić information content (AvgIpc) is 2.62. The Kier molecular flexibility index (Phi) is 7.63. The SMILES string of the molecule is CCCN(C(=S)Nc1ccc(C)c(C)c1)[C@H](C)C(=O)Nc1cccc(Cl)c1. The number of rotatable bonds is 6. The van der Waals surface area contributed by atoms with Crippen LogP contribution in [0.5, 0.6) is 0 Å². The Hall–Kier alpha value is -2.11. The van der Waals surface area contributed by atoms with Gasteiger partial charge in [-0.25, -0.2) is 0 Å². The maximum Gasteiger partial charge on any atom is 0.246 e. The number of hydrogen-bond donors (Lipinski definition) is 2. The zero-order chi connectivity index (χ0) is 20.0. The molecule has 0 aliphatic heterocycles. The molecule has 4 nitrogen and oxygen atoms in total. The number of thiocarbonyl (C=S) groups is 1. The number of nitrogens with one attached hydrogen (secondary N) is 2. The van der Waals surface area contributed by atoms with Gasteiger partial charge in [-0.1, -0.05) is 30.7 Å². The lowest BCUT2D eigenvalue weighted by Crippen LogP contribution is -2.47. The van der Waals surface area contributed by atoms with Gasteiger partial charge in [0.25, 0.3) is 0 Å². The molecule has 0 saturated heterocycles. The van der Waals surface area contributed by atoms with Gasteiger partial charge < -0.3 is 15.5 Å².